The third kappa shape index (κ3) is 6.83. The number of amides is 2. The Morgan fingerprint density at radius 2 is 1.86 bits per heavy atom. The van der Waals surface area contributed by atoms with Crippen LogP contribution in [0, 0.1) is 13.8 Å². The van der Waals surface area contributed by atoms with E-state index in [-0.39, 0.29) is 18.4 Å². The van der Waals surface area contributed by atoms with Gasteiger partial charge in [-0.2, -0.15) is 5.10 Å². The Hall–Kier alpha value is -3.52. The fraction of sp³-hybridized carbons (Fsp3) is 0.393. The highest BCUT2D eigenvalue weighted by molar-refractivity contribution is 6.31. The van der Waals surface area contributed by atoms with E-state index in [0.717, 1.165) is 36.2 Å². The molecule has 0 spiro atoms. The second kappa shape index (κ2) is 12.1. The van der Waals surface area contributed by atoms with Crippen LogP contribution in [0.5, 0.6) is 17.2 Å². The number of carbonyl (C=O) groups excluding carboxylic acids is 2. The number of hydrogen-bond donors (Lipinski definition) is 1. The number of anilines is 1. The van der Waals surface area contributed by atoms with Crippen LogP contribution in [0.15, 0.2) is 42.5 Å². The largest absolute Gasteiger partial charge is 0.490 e. The van der Waals surface area contributed by atoms with Crippen LogP contribution in [0.25, 0.3) is 0 Å². The maximum absolute atomic E-state index is 13.2. The molecule has 0 radical (unpaired) electrons. The molecular formula is C28H33ClN4O4. The molecule has 1 aliphatic rings. The number of ether oxygens (including phenoxy) is 2. The summed E-state index contributed by atoms with van der Waals surface area (Å²) >= 11 is 6.22. The molecule has 3 aromatic rings. The third-order valence-electron chi connectivity index (χ3n) is 6.55. The molecule has 1 aromatic heterocycles. The fourth-order valence-corrected chi connectivity index (χ4v) is 4.62. The number of benzene rings is 2. The summed E-state index contributed by atoms with van der Waals surface area (Å²) in [5.74, 6) is 1.24. The first-order chi connectivity index (χ1) is 17.8. The molecule has 0 unspecified atom stereocenters. The van der Waals surface area contributed by atoms with E-state index >= 15 is 0 Å². The number of halogens is 1. The Morgan fingerprint density at radius 1 is 1.08 bits per heavy atom. The normalized spacial score (nSPS) is 14.8. The number of nitrogens with one attached hydrogen (secondary N) is 1. The molecule has 1 N–H and O–H groups in total. The van der Waals surface area contributed by atoms with E-state index in [2.05, 4.69) is 10.4 Å². The number of nitrogens with zero attached hydrogens (tertiary/aromatic N) is 3. The molecule has 4 rings (SSSR count). The van der Waals surface area contributed by atoms with Gasteiger partial charge < -0.3 is 19.7 Å². The molecule has 0 fully saturated rings. The van der Waals surface area contributed by atoms with Crippen LogP contribution in [0.4, 0.5) is 5.69 Å². The van der Waals surface area contributed by atoms with E-state index in [1.165, 1.54) is 0 Å². The summed E-state index contributed by atoms with van der Waals surface area (Å²) in [4.78, 5) is 28.0. The average molecular weight is 525 g/mol. The monoisotopic (exact) mass is 524 g/mol. The first-order valence-electron chi connectivity index (χ1n) is 12.6. The topological polar surface area (TPSA) is 85.7 Å². The van der Waals surface area contributed by atoms with Crippen LogP contribution >= 0.6 is 11.6 Å². The van der Waals surface area contributed by atoms with Gasteiger partial charge in [0.25, 0.3) is 0 Å². The van der Waals surface area contributed by atoms with Gasteiger partial charge in [-0.3, -0.25) is 14.3 Å². The zero-order valence-corrected chi connectivity index (χ0v) is 22.3. The van der Waals surface area contributed by atoms with Crippen LogP contribution in [0.2, 0.25) is 5.02 Å². The van der Waals surface area contributed by atoms with E-state index in [9.17, 15) is 9.59 Å². The number of fused-ring (bicyclic) bond motifs is 2. The first kappa shape index (κ1) is 26.5. The summed E-state index contributed by atoms with van der Waals surface area (Å²) in [6.45, 7) is 4.92. The highest BCUT2D eigenvalue weighted by Crippen LogP contribution is 2.36. The fourth-order valence-electron chi connectivity index (χ4n) is 4.45. The van der Waals surface area contributed by atoms with Gasteiger partial charge in [0.1, 0.15) is 0 Å². The molecule has 37 heavy (non-hydrogen) atoms. The molecule has 2 heterocycles. The van der Waals surface area contributed by atoms with Crippen molar-refractivity contribution >= 4 is 29.1 Å². The summed E-state index contributed by atoms with van der Waals surface area (Å²) in [7, 11) is 1.90. The maximum atomic E-state index is 13.2. The lowest BCUT2D eigenvalue weighted by Crippen LogP contribution is -2.39. The van der Waals surface area contributed by atoms with Crippen molar-refractivity contribution in [3.05, 3.63) is 64.4 Å². The highest BCUT2D eigenvalue weighted by Gasteiger charge is 2.20. The Labute approximate surface area is 222 Å². The van der Waals surface area contributed by atoms with Gasteiger partial charge in [0.2, 0.25) is 11.8 Å². The minimum absolute atomic E-state index is 0.0527. The van der Waals surface area contributed by atoms with Crippen LogP contribution in [0.3, 0.4) is 0 Å². The minimum Gasteiger partial charge on any atom is -0.490 e. The molecule has 0 atom stereocenters. The zero-order chi connectivity index (χ0) is 26.4. The Bertz CT molecular complexity index is 1270. The molecule has 8 nitrogen and oxygen atoms in total. The number of aryl methyl sites for hydroxylation is 2. The number of para-hydroxylation sites is 2. The Morgan fingerprint density at radius 3 is 2.62 bits per heavy atom. The summed E-state index contributed by atoms with van der Waals surface area (Å²) in [5.41, 5.74) is 3.49. The zero-order valence-electron chi connectivity index (χ0n) is 21.6. The van der Waals surface area contributed by atoms with E-state index in [4.69, 9.17) is 21.1 Å². The molecule has 0 saturated carbocycles. The molecule has 1 aliphatic heterocycles. The summed E-state index contributed by atoms with van der Waals surface area (Å²) in [5, 5.41) is 7.79. The Balaban J connectivity index is 1.52. The van der Waals surface area contributed by atoms with Crippen LogP contribution in [-0.4, -0.2) is 46.2 Å². The van der Waals surface area contributed by atoms with Gasteiger partial charge in [0.15, 0.2) is 17.2 Å². The molecule has 2 amide bonds. The second-order valence-corrected chi connectivity index (χ2v) is 9.67. The maximum Gasteiger partial charge on any atom is 0.244 e. The van der Waals surface area contributed by atoms with Crippen molar-refractivity contribution in [2.24, 2.45) is 7.05 Å². The van der Waals surface area contributed by atoms with Gasteiger partial charge in [0, 0.05) is 30.7 Å². The van der Waals surface area contributed by atoms with Crippen molar-refractivity contribution in [1.29, 1.82) is 0 Å². The summed E-state index contributed by atoms with van der Waals surface area (Å²) < 4.78 is 13.9. The van der Waals surface area contributed by atoms with Gasteiger partial charge in [-0.05, 0) is 75.4 Å². The van der Waals surface area contributed by atoms with Crippen molar-refractivity contribution in [3.8, 4) is 17.2 Å². The van der Waals surface area contributed by atoms with Crippen molar-refractivity contribution < 1.29 is 19.1 Å². The molecule has 2 aromatic carbocycles. The molecule has 0 aliphatic carbocycles. The lowest BCUT2D eigenvalue weighted by Gasteiger charge is -2.23. The van der Waals surface area contributed by atoms with E-state index < -0.39 is 0 Å². The third-order valence-corrected chi connectivity index (χ3v) is 6.78. The van der Waals surface area contributed by atoms with E-state index in [1.54, 1.807) is 23.1 Å². The predicted octanol–water partition coefficient (Wildman–Crippen LogP) is 5.45. The number of rotatable bonds is 3. The summed E-state index contributed by atoms with van der Waals surface area (Å²) in [6.07, 6.45) is 3.35. The minimum atomic E-state index is -0.311. The number of hydrogen-bond acceptors (Lipinski definition) is 5. The second-order valence-electron chi connectivity index (χ2n) is 9.23. The Kier molecular flexibility index (Phi) is 8.71. The van der Waals surface area contributed by atoms with Crippen LogP contribution in [-0.2, 0) is 23.1 Å². The van der Waals surface area contributed by atoms with Crippen molar-refractivity contribution in [1.82, 2.24) is 14.7 Å². The van der Waals surface area contributed by atoms with Crippen molar-refractivity contribution in [3.63, 3.8) is 0 Å². The van der Waals surface area contributed by atoms with Crippen LogP contribution in [0.1, 0.15) is 42.6 Å². The lowest BCUT2D eigenvalue weighted by atomic mass is 10.1. The standard InChI is InChI=1S/C28H33ClN4O4/c1-19-22(20(2)32(3)31-19)12-14-28(35)33-15-7-4-8-16-36-25-9-5-6-10-26(25)37-24-13-11-21(29)17-23(24)30-27(34)18-33/h5-6,9-11,13,17H,4,7-8,12,14-16,18H2,1-3H3,(H,30,34). The highest BCUT2D eigenvalue weighted by atomic mass is 35.5. The van der Waals surface area contributed by atoms with E-state index in [1.807, 2.05) is 49.8 Å². The van der Waals surface area contributed by atoms with Crippen molar-refractivity contribution in [2.75, 3.05) is 25.0 Å². The molecule has 0 saturated heterocycles. The lowest BCUT2D eigenvalue weighted by molar-refractivity contribution is -0.134. The molecule has 9 heteroatoms. The van der Waals surface area contributed by atoms with Gasteiger partial charge in [0.05, 0.1) is 24.5 Å². The smallest absolute Gasteiger partial charge is 0.244 e. The van der Waals surface area contributed by atoms with Crippen molar-refractivity contribution in [2.45, 2.75) is 46.0 Å². The van der Waals surface area contributed by atoms with Gasteiger partial charge in [-0.1, -0.05) is 23.7 Å². The molecular weight excluding hydrogens is 492 g/mol. The number of aromatic nitrogens is 2. The van der Waals surface area contributed by atoms with Gasteiger partial charge in [-0.25, -0.2) is 0 Å². The van der Waals surface area contributed by atoms with E-state index in [0.29, 0.717) is 54.0 Å². The SMILES string of the molecule is Cc1nn(C)c(C)c1CCC(=O)N1CCCCCOc2ccccc2Oc2ccc(Cl)cc2NC(=O)C1. The quantitative estimate of drug-likeness (QED) is 0.492. The van der Waals surface area contributed by atoms with Gasteiger partial charge >= 0.3 is 0 Å². The molecule has 0 bridgehead atoms. The van der Waals surface area contributed by atoms with Gasteiger partial charge in [-0.15, -0.1) is 0 Å². The molecule has 196 valence electrons. The average Bonchev–Trinajstić information content (AvgIpc) is 3.11. The summed E-state index contributed by atoms with van der Waals surface area (Å²) in [6, 6.07) is 12.5. The first-order valence-corrected chi connectivity index (χ1v) is 13.0. The van der Waals surface area contributed by atoms with Crippen LogP contribution < -0.4 is 14.8 Å². The predicted molar refractivity (Wildman–Crippen MR) is 144 cm³/mol. The number of carbonyl (C=O) groups is 2.